The van der Waals surface area contributed by atoms with Gasteiger partial charge in [0.2, 0.25) is 11.8 Å². The van der Waals surface area contributed by atoms with Crippen LogP contribution in [0.5, 0.6) is 0 Å². The van der Waals surface area contributed by atoms with E-state index in [1.165, 1.54) is 11.3 Å². The zero-order valence-corrected chi connectivity index (χ0v) is 16.5. The number of aryl methyl sites for hydroxylation is 1. The van der Waals surface area contributed by atoms with Crippen LogP contribution in [-0.4, -0.2) is 32.1 Å². The third kappa shape index (κ3) is 3.39. The second-order valence-corrected chi connectivity index (χ2v) is 7.84. The zero-order chi connectivity index (χ0) is 19.8. The number of aromatic nitrogens is 3. The summed E-state index contributed by atoms with van der Waals surface area (Å²) in [6.07, 6.45) is 8.42. The molecule has 3 aromatic rings. The van der Waals surface area contributed by atoms with Gasteiger partial charge in [-0.1, -0.05) is 42.5 Å². The molecule has 1 aromatic carbocycles. The highest BCUT2D eigenvalue weighted by molar-refractivity contribution is 5.80. The first-order valence-electron chi connectivity index (χ1n) is 10.2. The molecule has 1 aliphatic carbocycles. The van der Waals surface area contributed by atoms with Crippen LogP contribution < -0.4 is 0 Å². The van der Waals surface area contributed by atoms with Crippen molar-refractivity contribution in [2.75, 3.05) is 6.54 Å². The van der Waals surface area contributed by atoms with Gasteiger partial charge in [-0.25, -0.2) is 4.98 Å². The first-order chi connectivity index (χ1) is 14.2. The molecule has 1 aliphatic heterocycles. The molecule has 0 unspecified atom stereocenters. The molecule has 6 nitrogen and oxygen atoms in total. The second kappa shape index (κ2) is 7.35. The Labute approximate surface area is 169 Å². The van der Waals surface area contributed by atoms with E-state index in [2.05, 4.69) is 34.0 Å². The number of amides is 1. The van der Waals surface area contributed by atoms with Crippen LogP contribution in [0.15, 0.2) is 53.1 Å². The van der Waals surface area contributed by atoms with E-state index >= 15 is 0 Å². The molecule has 148 valence electrons. The van der Waals surface area contributed by atoms with Crippen LogP contribution in [0.25, 0.3) is 11.6 Å². The average Bonchev–Trinajstić information content (AvgIpc) is 3.49. The maximum absolute atomic E-state index is 13.0. The van der Waals surface area contributed by atoms with E-state index in [0.717, 1.165) is 42.8 Å². The molecule has 0 atom stereocenters. The second-order valence-electron chi connectivity index (χ2n) is 7.84. The fraction of sp³-hybridized carbons (Fsp3) is 0.348. The summed E-state index contributed by atoms with van der Waals surface area (Å²) in [5.41, 5.74) is 4.19. The van der Waals surface area contributed by atoms with E-state index in [9.17, 15) is 4.79 Å². The molecule has 2 aliphatic rings. The van der Waals surface area contributed by atoms with E-state index in [-0.39, 0.29) is 11.8 Å². The number of benzene rings is 1. The maximum atomic E-state index is 13.0. The Bertz CT molecular complexity index is 1060. The van der Waals surface area contributed by atoms with Gasteiger partial charge in [0.05, 0.1) is 12.7 Å². The van der Waals surface area contributed by atoms with Crippen molar-refractivity contribution in [3.05, 3.63) is 71.3 Å². The smallest absolute Gasteiger partial charge is 0.247 e. The van der Waals surface area contributed by atoms with Gasteiger partial charge in [0.1, 0.15) is 5.76 Å². The zero-order valence-electron chi connectivity index (χ0n) is 16.5. The van der Waals surface area contributed by atoms with Crippen molar-refractivity contribution >= 4 is 5.91 Å². The van der Waals surface area contributed by atoms with E-state index in [0.29, 0.717) is 19.0 Å². The molecule has 0 fully saturated rings. The predicted octanol–water partition coefficient (Wildman–Crippen LogP) is 3.75. The number of hydrogen-bond donors (Lipinski definition) is 0. The van der Waals surface area contributed by atoms with Crippen LogP contribution in [0.3, 0.4) is 0 Å². The Morgan fingerprint density at radius 1 is 1.21 bits per heavy atom. The van der Waals surface area contributed by atoms with Crippen LogP contribution >= 0.6 is 0 Å². The highest BCUT2D eigenvalue weighted by Gasteiger charge is 2.32. The third-order valence-corrected chi connectivity index (χ3v) is 5.80. The number of nitrogens with zero attached hydrogens (tertiary/aromatic N) is 4. The summed E-state index contributed by atoms with van der Waals surface area (Å²) in [6, 6.07) is 10.3. The largest absolute Gasteiger partial charge is 0.440 e. The molecule has 6 heteroatoms. The number of carbonyl (C=O) groups excluding carboxylic acids is 1. The Morgan fingerprint density at radius 2 is 2.00 bits per heavy atom. The van der Waals surface area contributed by atoms with Gasteiger partial charge in [-0.3, -0.25) is 9.48 Å². The first-order valence-corrected chi connectivity index (χ1v) is 10.2. The van der Waals surface area contributed by atoms with Crippen LogP contribution in [0.4, 0.5) is 0 Å². The summed E-state index contributed by atoms with van der Waals surface area (Å²) >= 11 is 0. The minimum atomic E-state index is 0.0864. The molecule has 0 bridgehead atoms. The standard InChI is InChI=1S/C23H24N4O2/c1-16-13-24-22(29-16)21-19-15-26(23(28)18-9-5-6-10-18)12-11-20(19)27(25-21)14-17-7-3-2-4-8-17/h2-8,13,18H,9-12,14-15H2,1H3. The Kier molecular flexibility index (Phi) is 4.54. The Hall–Kier alpha value is -3.15. The van der Waals surface area contributed by atoms with Gasteiger partial charge >= 0.3 is 0 Å². The first kappa shape index (κ1) is 17.9. The molecule has 29 heavy (non-hydrogen) atoms. The lowest BCUT2D eigenvalue weighted by atomic mass is 10.0. The lowest BCUT2D eigenvalue weighted by Gasteiger charge is -2.30. The van der Waals surface area contributed by atoms with Crippen molar-refractivity contribution in [2.45, 2.75) is 39.3 Å². The fourth-order valence-electron chi connectivity index (χ4n) is 4.28. The molecule has 0 saturated heterocycles. The summed E-state index contributed by atoms with van der Waals surface area (Å²) in [7, 11) is 0. The van der Waals surface area contributed by atoms with Crippen molar-refractivity contribution in [3.63, 3.8) is 0 Å². The van der Waals surface area contributed by atoms with E-state index in [1.807, 2.05) is 30.0 Å². The number of allylic oxidation sites excluding steroid dienone is 2. The number of carbonyl (C=O) groups is 1. The molecule has 0 spiro atoms. The highest BCUT2D eigenvalue weighted by atomic mass is 16.4. The Morgan fingerprint density at radius 3 is 2.72 bits per heavy atom. The molecule has 3 heterocycles. The number of oxazole rings is 1. The molecule has 5 rings (SSSR count). The topological polar surface area (TPSA) is 64.2 Å². The molecular formula is C23H24N4O2. The lowest BCUT2D eigenvalue weighted by molar-refractivity contribution is -0.136. The quantitative estimate of drug-likeness (QED) is 0.639. The van der Waals surface area contributed by atoms with Crippen molar-refractivity contribution in [2.24, 2.45) is 5.92 Å². The normalized spacial score (nSPS) is 16.4. The van der Waals surface area contributed by atoms with Crippen molar-refractivity contribution in [1.29, 1.82) is 0 Å². The summed E-state index contributed by atoms with van der Waals surface area (Å²) in [5, 5.41) is 4.87. The van der Waals surface area contributed by atoms with Crippen LogP contribution in [-0.2, 0) is 24.3 Å². The van der Waals surface area contributed by atoms with E-state index in [4.69, 9.17) is 9.52 Å². The predicted molar refractivity (Wildman–Crippen MR) is 109 cm³/mol. The number of fused-ring (bicyclic) bond motifs is 1. The monoisotopic (exact) mass is 388 g/mol. The summed E-state index contributed by atoms with van der Waals surface area (Å²) in [6.45, 7) is 3.87. The summed E-state index contributed by atoms with van der Waals surface area (Å²) in [4.78, 5) is 19.4. The fourth-order valence-corrected chi connectivity index (χ4v) is 4.28. The van der Waals surface area contributed by atoms with Gasteiger partial charge in [0.25, 0.3) is 0 Å². The molecule has 0 saturated carbocycles. The van der Waals surface area contributed by atoms with Gasteiger partial charge < -0.3 is 9.32 Å². The van der Waals surface area contributed by atoms with Crippen LogP contribution in [0.2, 0.25) is 0 Å². The van der Waals surface area contributed by atoms with Crippen LogP contribution in [0, 0.1) is 12.8 Å². The minimum absolute atomic E-state index is 0.0864. The maximum Gasteiger partial charge on any atom is 0.247 e. The molecule has 2 aromatic heterocycles. The van der Waals surface area contributed by atoms with Crippen molar-refractivity contribution < 1.29 is 9.21 Å². The molecule has 1 amide bonds. The van der Waals surface area contributed by atoms with Crippen molar-refractivity contribution in [3.8, 4) is 11.6 Å². The minimum Gasteiger partial charge on any atom is -0.440 e. The number of hydrogen-bond acceptors (Lipinski definition) is 4. The third-order valence-electron chi connectivity index (χ3n) is 5.80. The molecule has 0 radical (unpaired) electrons. The number of rotatable bonds is 4. The van der Waals surface area contributed by atoms with Gasteiger partial charge in [-0.2, -0.15) is 5.10 Å². The van der Waals surface area contributed by atoms with Gasteiger partial charge in [-0.05, 0) is 25.3 Å². The molecule has 0 N–H and O–H groups in total. The van der Waals surface area contributed by atoms with E-state index in [1.54, 1.807) is 6.20 Å². The lowest BCUT2D eigenvalue weighted by Crippen LogP contribution is -2.39. The van der Waals surface area contributed by atoms with E-state index < -0.39 is 0 Å². The van der Waals surface area contributed by atoms with Gasteiger partial charge in [0.15, 0.2) is 5.69 Å². The molecular weight excluding hydrogens is 364 g/mol. The Balaban J connectivity index is 1.49. The highest BCUT2D eigenvalue weighted by Crippen LogP contribution is 2.32. The van der Waals surface area contributed by atoms with Crippen LogP contribution in [0.1, 0.15) is 35.4 Å². The van der Waals surface area contributed by atoms with Crippen molar-refractivity contribution in [1.82, 2.24) is 19.7 Å². The summed E-state index contributed by atoms with van der Waals surface area (Å²) < 4.78 is 7.85. The SMILES string of the molecule is Cc1cnc(-c2nn(Cc3ccccc3)c3c2CN(C(=O)C2CC=CC2)CC3)o1. The summed E-state index contributed by atoms with van der Waals surface area (Å²) in [5.74, 6) is 1.61. The van der Waals surface area contributed by atoms with Gasteiger partial charge in [0, 0.05) is 36.7 Å². The average molecular weight is 388 g/mol. The van der Waals surface area contributed by atoms with Gasteiger partial charge in [-0.15, -0.1) is 0 Å².